The second-order valence-corrected chi connectivity index (χ2v) is 8.22. The highest BCUT2D eigenvalue weighted by Crippen LogP contribution is 2.28. The molecule has 1 aromatic carbocycles. The molecular formula is C26H31ClN4O2. The third-order valence-corrected chi connectivity index (χ3v) is 5.49. The number of allylic oxidation sites excluding steroid dienone is 1. The molecule has 33 heavy (non-hydrogen) atoms. The molecule has 0 atom stereocenters. The number of phenolic OH excluding ortho intramolecular Hbond substituents is 1. The summed E-state index contributed by atoms with van der Waals surface area (Å²) in [7, 11) is 0. The third kappa shape index (κ3) is 6.68. The molecular weight excluding hydrogens is 436 g/mol. The van der Waals surface area contributed by atoms with E-state index < -0.39 is 0 Å². The van der Waals surface area contributed by atoms with Gasteiger partial charge in [0.25, 0.3) is 5.91 Å². The molecule has 2 aromatic heterocycles. The Bertz CT molecular complexity index is 1150. The van der Waals surface area contributed by atoms with E-state index in [1.165, 1.54) is 6.42 Å². The van der Waals surface area contributed by atoms with E-state index in [-0.39, 0.29) is 11.7 Å². The second kappa shape index (κ2) is 12.2. The predicted octanol–water partition coefficient (Wildman–Crippen LogP) is 5.84. The van der Waals surface area contributed by atoms with Gasteiger partial charge < -0.3 is 15.4 Å². The van der Waals surface area contributed by atoms with Gasteiger partial charge in [0.15, 0.2) is 0 Å². The van der Waals surface area contributed by atoms with Crippen LogP contribution in [0.1, 0.15) is 67.0 Å². The minimum atomic E-state index is -0.158. The van der Waals surface area contributed by atoms with E-state index in [0.717, 1.165) is 47.3 Å². The number of aliphatic imine (C=N–C) groups is 1. The van der Waals surface area contributed by atoms with Crippen LogP contribution in [-0.2, 0) is 6.42 Å². The van der Waals surface area contributed by atoms with Gasteiger partial charge in [0.2, 0.25) is 0 Å². The minimum absolute atomic E-state index is 0.113. The summed E-state index contributed by atoms with van der Waals surface area (Å²) in [5.41, 5.74) is 4.29. The van der Waals surface area contributed by atoms with Crippen molar-refractivity contribution >= 4 is 40.3 Å². The van der Waals surface area contributed by atoms with Crippen LogP contribution in [0.2, 0.25) is 0 Å². The molecule has 3 aromatic rings. The van der Waals surface area contributed by atoms with E-state index >= 15 is 0 Å². The van der Waals surface area contributed by atoms with E-state index in [2.05, 4.69) is 22.2 Å². The maximum atomic E-state index is 12.5. The molecule has 0 fully saturated rings. The average molecular weight is 467 g/mol. The molecule has 0 bridgehead atoms. The highest BCUT2D eigenvalue weighted by atomic mass is 35.5. The zero-order chi connectivity index (χ0) is 23.6. The van der Waals surface area contributed by atoms with Crippen LogP contribution in [0.3, 0.4) is 0 Å². The summed E-state index contributed by atoms with van der Waals surface area (Å²) >= 11 is 5.71. The van der Waals surface area contributed by atoms with Crippen molar-refractivity contribution in [2.45, 2.75) is 46.0 Å². The lowest BCUT2D eigenvalue weighted by atomic mass is 10.1. The molecule has 1 amide bonds. The minimum Gasteiger partial charge on any atom is -0.506 e. The molecule has 0 aliphatic heterocycles. The average Bonchev–Trinajstić information content (AvgIpc) is 3.25. The molecule has 0 aliphatic rings. The van der Waals surface area contributed by atoms with Gasteiger partial charge >= 0.3 is 0 Å². The number of nitrogens with zero attached hydrogens (tertiary/aromatic N) is 2. The lowest BCUT2D eigenvalue weighted by Gasteiger charge is -2.06. The fraction of sp³-hybridized carbons (Fsp3) is 0.346. The number of nitrogens with one attached hydrogen (secondary N) is 2. The van der Waals surface area contributed by atoms with Crippen LogP contribution in [-0.4, -0.2) is 39.6 Å². The van der Waals surface area contributed by atoms with Crippen LogP contribution in [0, 0.1) is 0 Å². The summed E-state index contributed by atoms with van der Waals surface area (Å²) in [5, 5.41) is 14.3. The van der Waals surface area contributed by atoms with Crippen LogP contribution in [0.25, 0.3) is 16.6 Å². The van der Waals surface area contributed by atoms with Gasteiger partial charge in [0, 0.05) is 30.3 Å². The molecule has 0 radical (unpaired) electrons. The van der Waals surface area contributed by atoms with Gasteiger partial charge in [-0.15, -0.1) is 11.6 Å². The number of hydrogen-bond donors (Lipinski definition) is 3. The van der Waals surface area contributed by atoms with Crippen LogP contribution < -0.4 is 5.32 Å². The molecule has 174 valence electrons. The van der Waals surface area contributed by atoms with Crippen molar-refractivity contribution in [2.75, 3.05) is 12.4 Å². The van der Waals surface area contributed by atoms with Crippen LogP contribution in [0.4, 0.5) is 0 Å². The second-order valence-electron chi connectivity index (χ2n) is 7.91. The van der Waals surface area contributed by atoms with Crippen molar-refractivity contribution in [2.24, 2.45) is 4.99 Å². The first-order valence-corrected chi connectivity index (χ1v) is 11.9. The number of carbonyl (C=O) groups excluding carboxylic acids is 1. The standard InChI is InChI=1S/C26H31ClN4O2/c1-3-5-6-7-12-29-26(33)23-17-19-14-18(16-24(32)25(19)31-23)15-20-9-8-10-22(30-20)21(4-2)28-13-11-27/h4,8-10,13-14,16-17,31-32H,3,5-7,11-12,15H2,1-2H3,(H,29,33)/b21-4-,28-13?. The van der Waals surface area contributed by atoms with E-state index in [4.69, 9.17) is 16.6 Å². The molecule has 0 saturated heterocycles. The number of H-pyrrole nitrogens is 1. The molecule has 0 spiro atoms. The van der Waals surface area contributed by atoms with Crippen molar-refractivity contribution in [3.8, 4) is 5.75 Å². The SMILES string of the molecule is C/C=C(\N=CCCl)c1cccc(Cc2cc(O)c3[nH]c(C(=O)NCCCCCC)cc3c2)n1. The number of pyridine rings is 1. The van der Waals surface area contributed by atoms with E-state index in [1.54, 1.807) is 18.3 Å². The van der Waals surface area contributed by atoms with Crippen molar-refractivity contribution < 1.29 is 9.90 Å². The lowest BCUT2D eigenvalue weighted by Crippen LogP contribution is -2.24. The summed E-state index contributed by atoms with van der Waals surface area (Å²) < 4.78 is 0. The van der Waals surface area contributed by atoms with Crippen molar-refractivity contribution in [1.82, 2.24) is 15.3 Å². The number of aromatic hydroxyl groups is 1. The highest BCUT2D eigenvalue weighted by molar-refractivity contribution is 6.25. The number of halogens is 1. The molecule has 0 saturated carbocycles. The number of amides is 1. The molecule has 3 N–H and O–H groups in total. The Labute approximate surface area is 199 Å². The topological polar surface area (TPSA) is 90.4 Å². The predicted molar refractivity (Wildman–Crippen MR) is 136 cm³/mol. The Morgan fingerprint density at radius 3 is 2.85 bits per heavy atom. The van der Waals surface area contributed by atoms with Crippen molar-refractivity contribution in [3.63, 3.8) is 0 Å². The quantitative estimate of drug-likeness (QED) is 0.188. The largest absolute Gasteiger partial charge is 0.506 e. The number of aromatic amines is 1. The van der Waals surface area contributed by atoms with Crippen molar-refractivity contribution in [1.29, 1.82) is 0 Å². The number of rotatable bonds is 11. The summed E-state index contributed by atoms with van der Waals surface area (Å²) in [6.45, 7) is 4.72. The first-order chi connectivity index (χ1) is 16.0. The van der Waals surface area contributed by atoms with E-state index in [9.17, 15) is 9.90 Å². The molecule has 0 aliphatic carbocycles. The fourth-order valence-electron chi connectivity index (χ4n) is 3.71. The normalized spacial score (nSPS) is 12.0. The third-order valence-electron chi connectivity index (χ3n) is 5.36. The number of hydrogen-bond acceptors (Lipinski definition) is 4. The maximum absolute atomic E-state index is 12.5. The Morgan fingerprint density at radius 2 is 2.09 bits per heavy atom. The van der Waals surface area contributed by atoms with Gasteiger partial charge in [-0.3, -0.25) is 14.8 Å². The Morgan fingerprint density at radius 1 is 1.24 bits per heavy atom. The van der Waals surface area contributed by atoms with E-state index in [1.807, 2.05) is 37.3 Å². The number of carbonyl (C=O) groups is 1. The highest BCUT2D eigenvalue weighted by Gasteiger charge is 2.13. The van der Waals surface area contributed by atoms with Gasteiger partial charge in [0.1, 0.15) is 11.4 Å². The maximum Gasteiger partial charge on any atom is 0.267 e. The molecule has 3 rings (SSSR count). The number of alkyl halides is 1. The molecule has 2 heterocycles. The summed E-state index contributed by atoms with van der Waals surface area (Å²) in [4.78, 5) is 24.6. The van der Waals surface area contributed by atoms with Gasteiger partial charge in [-0.05, 0) is 49.2 Å². The smallest absolute Gasteiger partial charge is 0.267 e. The van der Waals surface area contributed by atoms with Gasteiger partial charge in [-0.1, -0.05) is 38.3 Å². The lowest BCUT2D eigenvalue weighted by molar-refractivity contribution is 0.0949. The van der Waals surface area contributed by atoms with Gasteiger partial charge in [-0.2, -0.15) is 0 Å². The summed E-state index contributed by atoms with van der Waals surface area (Å²) in [5.74, 6) is 0.294. The van der Waals surface area contributed by atoms with Crippen LogP contribution >= 0.6 is 11.6 Å². The fourth-order valence-corrected chi connectivity index (χ4v) is 3.78. The van der Waals surface area contributed by atoms with Gasteiger partial charge in [0.05, 0.1) is 22.8 Å². The number of phenols is 1. The van der Waals surface area contributed by atoms with Crippen LogP contribution in [0.15, 0.2) is 47.5 Å². The Balaban J connectivity index is 1.75. The first-order valence-electron chi connectivity index (χ1n) is 11.4. The van der Waals surface area contributed by atoms with Gasteiger partial charge in [-0.25, -0.2) is 0 Å². The first kappa shape index (κ1) is 24.5. The molecule has 6 nitrogen and oxygen atoms in total. The molecule has 7 heteroatoms. The zero-order valence-corrected chi connectivity index (χ0v) is 20.0. The number of benzene rings is 1. The monoisotopic (exact) mass is 466 g/mol. The number of aromatic nitrogens is 2. The van der Waals surface area contributed by atoms with E-state index in [0.29, 0.717) is 30.1 Å². The van der Waals surface area contributed by atoms with Crippen molar-refractivity contribution in [3.05, 3.63) is 65.1 Å². The Hall–Kier alpha value is -3.12. The summed E-state index contributed by atoms with van der Waals surface area (Å²) in [6, 6.07) is 11.3. The Kier molecular flexibility index (Phi) is 9.07. The zero-order valence-electron chi connectivity index (χ0n) is 19.2. The summed E-state index contributed by atoms with van der Waals surface area (Å²) in [6.07, 6.45) is 8.48. The molecule has 0 unspecified atom stereocenters. The number of unbranched alkanes of at least 4 members (excludes halogenated alkanes) is 3. The van der Waals surface area contributed by atoms with Crippen LogP contribution in [0.5, 0.6) is 5.75 Å². The number of fused-ring (bicyclic) bond motifs is 1.